The molecule has 0 unspecified atom stereocenters. The van der Waals surface area contributed by atoms with Crippen molar-refractivity contribution in [2.24, 2.45) is 0 Å². The van der Waals surface area contributed by atoms with E-state index in [-0.39, 0.29) is 24.3 Å². The van der Waals surface area contributed by atoms with E-state index in [1.165, 1.54) is 12.1 Å². The maximum Gasteiger partial charge on any atom is 0.411 e. The van der Waals surface area contributed by atoms with Crippen LogP contribution in [-0.2, 0) is 20.8 Å². The number of ether oxygens (including phenoxy) is 3. The largest absolute Gasteiger partial charge is 0.444 e. The Kier molecular flexibility index (Phi) is 12.6. The molecule has 0 fully saturated rings. The lowest BCUT2D eigenvalue weighted by Crippen LogP contribution is -2.31. The number of alkyl halides is 1. The molecule has 0 aliphatic carbocycles. The van der Waals surface area contributed by atoms with E-state index >= 15 is 0 Å². The number of rotatable bonds is 16. The summed E-state index contributed by atoms with van der Waals surface area (Å²) in [5.74, 6) is 0.148. The van der Waals surface area contributed by atoms with Crippen LogP contribution in [0, 0.1) is 0 Å². The van der Waals surface area contributed by atoms with Gasteiger partial charge in [0.2, 0.25) is 0 Å². The smallest absolute Gasteiger partial charge is 0.411 e. The van der Waals surface area contributed by atoms with Gasteiger partial charge in [-0.3, -0.25) is 10.1 Å². The fraction of sp³-hybridized carbons (Fsp3) is 0.393. The highest BCUT2D eigenvalue weighted by atomic mass is 35.5. The van der Waals surface area contributed by atoms with Crippen molar-refractivity contribution in [2.75, 3.05) is 44.2 Å². The zero-order valence-corrected chi connectivity index (χ0v) is 22.0. The van der Waals surface area contributed by atoms with Crippen LogP contribution in [-0.4, -0.2) is 50.9 Å². The van der Waals surface area contributed by atoms with Crippen molar-refractivity contribution < 1.29 is 28.2 Å². The molecule has 3 aromatic rings. The minimum Gasteiger partial charge on any atom is -0.444 e. The summed E-state index contributed by atoms with van der Waals surface area (Å²) < 4.78 is 21.5. The van der Waals surface area contributed by atoms with Crippen LogP contribution in [0.5, 0.6) is 0 Å². The van der Waals surface area contributed by atoms with Gasteiger partial charge in [0.25, 0.3) is 5.91 Å². The van der Waals surface area contributed by atoms with E-state index in [4.69, 9.17) is 30.2 Å². The summed E-state index contributed by atoms with van der Waals surface area (Å²) in [6.07, 6.45) is 3.61. The molecule has 1 aromatic heterocycles. The third kappa shape index (κ3) is 10.2. The summed E-state index contributed by atoms with van der Waals surface area (Å²) in [5.41, 5.74) is 0.592. The predicted molar refractivity (Wildman–Crippen MR) is 146 cm³/mol. The van der Waals surface area contributed by atoms with Crippen molar-refractivity contribution in [3.63, 3.8) is 0 Å². The molecule has 2 N–H and O–H groups in total. The molecule has 0 bridgehead atoms. The third-order valence-electron chi connectivity index (χ3n) is 5.52. The Hall–Kier alpha value is -3.40. The average Bonchev–Trinajstić information content (AvgIpc) is 2.92. The topological polar surface area (TPSA) is 116 Å². The number of hydrogen-bond acceptors (Lipinski definition) is 7. The first kappa shape index (κ1) is 29.2. The molecule has 0 radical (unpaired) electrons. The number of benzene rings is 2. The molecule has 2 aromatic carbocycles. The lowest BCUT2D eigenvalue weighted by Gasteiger charge is -2.09. The van der Waals surface area contributed by atoms with E-state index in [2.05, 4.69) is 10.6 Å². The highest BCUT2D eigenvalue weighted by Crippen LogP contribution is 2.19. The van der Waals surface area contributed by atoms with E-state index in [1.54, 1.807) is 12.1 Å². The Morgan fingerprint density at radius 1 is 0.868 bits per heavy atom. The van der Waals surface area contributed by atoms with Gasteiger partial charge in [0, 0.05) is 36.2 Å². The normalized spacial score (nSPS) is 10.9. The molecule has 1 heterocycles. The fourth-order valence-corrected chi connectivity index (χ4v) is 3.72. The molecule has 38 heavy (non-hydrogen) atoms. The van der Waals surface area contributed by atoms with Crippen molar-refractivity contribution in [3.05, 3.63) is 76.1 Å². The van der Waals surface area contributed by atoms with Crippen molar-refractivity contribution in [1.29, 1.82) is 0 Å². The number of amides is 2. The van der Waals surface area contributed by atoms with E-state index in [9.17, 15) is 14.4 Å². The molecular formula is C28H33ClN2O7. The van der Waals surface area contributed by atoms with E-state index in [1.807, 2.05) is 30.3 Å². The van der Waals surface area contributed by atoms with Crippen LogP contribution < -0.4 is 16.3 Å². The third-order valence-corrected chi connectivity index (χ3v) is 5.78. The van der Waals surface area contributed by atoms with Crippen molar-refractivity contribution in [3.8, 4) is 0 Å². The summed E-state index contributed by atoms with van der Waals surface area (Å²) in [4.78, 5) is 36.9. The second-order valence-electron chi connectivity index (χ2n) is 8.47. The second kappa shape index (κ2) is 16.4. The molecule has 2 amide bonds. The number of fused-ring (bicyclic) bond motifs is 1. The highest BCUT2D eigenvalue weighted by Gasteiger charge is 2.14. The van der Waals surface area contributed by atoms with Crippen LogP contribution >= 0.6 is 11.6 Å². The zero-order chi connectivity index (χ0) is 27.0. The van der Waals surface area contributed by atoms with Gasteiger partial charge in [-0.15, -0.1) is 11.6 Å². The molecule has 3 rings (SSSR count). The van der Waals surface area contributed by atoms with Crippen molar-refractivity contribution in [1.82, 2.24) is 5.32 Å². The summed E-state index contributed by atoms with van der Waals surface area (Å²) in [6.45, 7) is 2.26. The van der Waals surface area contributed by atoms with E-state index in [0.29, 0.717) is 43.4 Å². The quantitative estimate of drug-likeness (QED) is 0.146. The van der Waals surface area contributed by atoms with Gasteiger partial charge in [-0.1, -0.05) is 43.2 Å². The Morgan fingerprint density at radius 3 is 2.42 bits per heavy atom. The number of hydrogen-bond donors (Lipinski definition) is 2. The molecule has 0 aliphatic rings. The lowest BCUT2D eigenvalue weighted by atomic mass is 10.1. The summed E-state index contributed by atoms with van der Waals surface area (Å²) in [5, 5.41) is 5.78. The van der Waals surface area contributed by atoms with E-state index in [0.717, 1.165) is 31.2 Å². The van der Waals surface area contributed by atoms with Gasteiger partial charge in [-0.25, -0.2) is 9.59 Å². The van der Waals surface area contributed by atoms with Crippen LogP contribution in [0.15, 0.2) is 63.8 Å². The van der Waals surface area contributed by atoms with Gasteiger partial charge in [0.05, 0.1) is 19.8 Å². The van der Waals surface area contributed by atoms with Crippen molar-refractivity contribution >= 4 is 40.3 Å². The number of unbranched alkanes of at least 4 members (excludes halogenated alkanes) is 3. The Labute approximate surface area is 226 Å². The first-order chi connectivity index (χ1) is 18.6. The molecule has 204 valence electrons. The Bertz CT molecular complexity index is 1220. The average molecular weight is 545 g/mol. The molecule has 0 saturated carbocycles. The zero-order valence-electron chi connectivity index (χ0n) is 21.2. The maximum absolute atomic E-state index is 12.5. The van der Waals surface area contributed by atoms with Crippen molar-refractivity contribution in [2.45, 2.75) is 32.3 Å². The van der Waals surface area contributed by atoms with Gasteiger partial charge >= 0.3 is 11.7 Å². The summed E-state index contributed by atoms with van der Waals surface area (Å²) in [6, 6.07) is 15.5. The first-order valence-electron chi connectivity index (χ1n) is 12.6. The number of nitrogens with one attached hydrogen (secondary N) is 2. The molecular weight excluding hydrogens is 512 g/mol. The lowest BCUT2D eigenvalue weighted by molar-refractivity contribution is 0.0468. The highest BCUT2D eigenvalue weighted by molar-refractivity contribution is 6.17. The van der Waals surface area contributed by atoms with Crippen LogP contribution in [0.4, 0.5) is 10.5 Å². The van der Waals surface area contributed by atoms with Crippen LogP contribution in [0.1, 0.15) is 41.6 Å². The van der Waals surface area contributed by atoms with Gasteiger partial charge in [0.15, 0.2) is 0 Å². The predicted octanol–water partition coefficient (Wildman–Crippen LogP) is 5.10. The fourth-order valence-electron chi connectivity index (χ4n) is 3.53. The summed E-state index contributed by atoms with van der Waals surface area (Å²) in [7, 11) is 0. The Balaban J connectivity index is 1.39. The van der Waals surface area contributed by atoms with Crippen LogP contribution in [0.3, 0.4) is 0 Å². The molecule has 10 heteroatoms. The van der Waals surface area contributed by atoms with Crippen LogP contribution in [0.25, 0.3) is 11.0 Å². The maximum atomic E-state index is 12.5. The minimum atomic E-state index is -0.779. The number of anilines is 1. The minimum absolute atomic E-state index is 0.113. The molecule has 0 saturated heterocycles. The van der Waals surface area contributed by atoms with E-state index < -0.39 is 17.6 Å². The standard InChI is InChI=1S/C28H33ClN2O7/c29-12-6-1-2-7-14-35-16-17-36-15-13-30-26(32)24-18-22-10-11-23(19-25(22)38-27(24)33)31-28(34)37-20-21-8-4-3-5-9-21/h3-5,8-11,18-19H,1-2,6-7,12-17,20H2,(H,30,32)(H,31,34). The van der Waals surface area contributed by atoms with Gasteiger partial charge in [0.1, 0.15) is 17.8 Å². The van der Waals surface area contributed by atoms with Gasteiger partial charge in [-0.05, 0) is 36.6 Å². The van der Waals surface area contributed by atoms with Gasteiger partial charge < -0.3 is 23.9 Å². The van der Waals surface area contributed by atoms with Crippen LogP contribution in [0.2, 0.25) is 0 Å². The SMILES string of the molecule is O=C(Nc1ccc2cc(C(=O)NCCOCCOCCCCCCCl)c(=O)oc2c1)OCc1ccccc1. The summed E-state index contributed by atoms with van der Waals surface area (Å²) >= 11 is 5.64. The number of halogens is 1. The molecule has 9 nitrogen and oxygen atoms in total. The molecule has 0 spiro atoms. The first-order valence-corrected chi connectivity index (χ1v) is 13.2. The Morgan fingerprint density at radius 2 is 1.63 bits per heavy atom. The number of carbonyl (C=O) groups excluding carboxylic acids is 2. The monoisotopic (exact) mass is 544 g/mol. The van der Waals surface area contributed by atoms with Gasteiger partial charge in [-0.2, -0.15) is 0 Å². The molecule has 0 atom stereocenters. The molecule has 0 aliphatic heterocycles. The number of carbonyl (C=O) groups is 2. The second-order valence-corrected chi connectivity index (χ2v) is 8.85.